The van der Waals surface area contributed by atoms with Crippen LogP contribution in [0.5, 0.6) is 0 Å². The molecular weight excluding hydrogens is 202 g/mol. The van der Waals surface area contributed by atoms with Crippen LogP contribution in [-0.4, -0.2) is 22.2 Å². The summed E-state index contributed by atoms with van der Waals surface area (Å²) in [6.07, 6.45) is 3.19. The van der Waals surface area contributed by atoms with Gasteiger partial charge >= 0.3 is 0 Å². The van der Waals surface area contributed by atoms with E-state index in [1.807, 2.05) is 11.7 Å². The average Bonchev–Trinajstić information content (AvgIpc) is 2.79. The van der Waals surface area contributed by atoms with Crippen molar-refractivity contribution in [3.05, 3.63) is 17.0 Å². The lowest BCUT2D eigenvalue weighted by Gasteiger charge is -2.06. The molecule has 1 aromatic heterocycles. The Hall–Kier alpha value is -1.32. The van der Waals surface area contributed by atoms with Crippen molar-refractivity contribution in [2.24, 2.45) is 13.0 Å². The molecule has 88 valence electrons. The van der Waals surface area contributed by atoms with Crippen molar-refractivity contribution in [2.45, 2.75) is 33.1 Å². The highest BCUT2D eigenvalue weighted by molar-refractivity contribution is 5.94. The van der Waals surface area contributed by atoms with Gasteiger partial charge in [-0.25, -0.2) is 0 Å². The van der Waals surface area contributed by atoms with Crippen molar-refractivity contribution in [3.8, 4) is 0 Å². The Kier molecular flexibility index (Phi) is 2.99. The van der Waals surface area contributed by atoms with Gasteiger partial charge in [0.1, 0.15) is 0 Å². The van der Waals surface area contributed by atoms with Crippen LogP contribution in [0, 0.1) is 5.92 Å². The van der Waals surface area contributed by atoms with E-state index in [2.05, 4.69) is 24.3 Å². The second kappa shape index (κ2) is 4.28. The minimum absolute atomic E-state index is 0.0209. The quantitative estimate of drug-likeness (QED) is 0.836. The number of carbonyl (C=O) groups is 1. The molecule has 1 heterocycles. The summed E-state index contributed by atoms with van der Waals surface area (Å²) in [5.41, 5.74) is 3.02. The Labute approximate surface area is 96.0 Å². The summed E-state index contributed by atoms with van der Waals surface area (Å²) in [6, 6.07) is 0. The molecule has 0 radical (unpaired) electrons. The maximum atomic E-state index is 11.9. The van der Waals surface area contributed by atoms with Gasteiger partial charge in [0.15, 0.2) is 5.69 Å². The van der Waals surface area contributed by atoms with Crippen LogP contribution >= 0.6 is 0 Å². The minimum Gasteiger partial charge on any atom is -0.350 e. The number of fused-ring (bicyclic) bond motifs is 1. The molecule has 2 rings (SSSR count). The van der Waals surface area contributed by atoms with Gasteiger partial charge in [-0.2, -0.15) is 5.10 Å². The first kappa shape index (κ1) is 11.2. The molecule has 0 atom stereocenters. The summed E-state index contributed by atoms with van der Waals surface area (Å²) in [7, 11) is 1.92. The van der Waals surface area contributed by atoms with Crippen molar-refractivity contribution in [2.75, 3.05) is 6.54 Å². The van der Waals surface area contributed by atoms with Crippen LogP contribution in [0.25, 0.3) is 0 Å². The van der Waals surface area contributed by atoms with Crippen LogP contribution in [0.3, 0.4) is 0 Å². The SMILES string of the molecule is CC(C)CNC(=O)c1nn(C)c2c1CCC2. The molecule has 0 saturated heterocycles. The van der Waals surface area contributed by atoms with E-state index in [0.29, 0.717) is 18.2 Å². The number of hydrogen-bond donors (Lipinski definition) is 1. The first-order chi connectivity index (χ1) is 7.59. The lowest BCUT2D eigenvalue weighted by atomic mass is 10.2. The van der Waals surface area contributed by atoms with E-state index >= 15 is 0 Å². The molecule has 1 aliphatic carbocycles. The number of nitrogens with zero attached hydrogens (tertiary/aromatic N) is 2. The second-order valence-electron chi connectivity index (χ2n) is 4.85. The minimum atomic E-state index is -0.0209. The van der Waals surface area contributed by atoms with E-state index in [9.17, 15) is 4.79 Å². The molecule has 1 amide bonds. The van der Waals surface area contributed by atoms with E-state index in [-0.39, 0.29) is 5.91 Å². The molecular formula is C12H19N3O. The second-order valence-corrected chi connectivity index (χ2v) is 4.85. The van der Waals surface area contributed by atoms with Gasteiger partial charge in [-0.1, -0.05) is 13.8 Å². The van der Waals surface area contributed by atoms with Crippen LogP contribution in [-0.2, 0) is 19.9 Å². The third-order valence-electron chi connectivity index (χ3n) is 3.00. The number of amides is 1. The van der Waals surface area contributed by atoms with E-state index in [0.717, 1.165) is 24.8 Å². The van der Waals surface area contributed by atoms with Crippen molar-refractivity contribution in [1.29, 1.82) is 0 Å². The van der Waals surface area contributed by atoms with Gasteiger partial charge < -0.3 is 5.32 Å². The average molecular weight is 221 g/mol. The van der Waals surface area contributed by atoms with Crippen molar-refractivity contribution >= 4 is 5.91 Å². The highest BCUT2D eigenvalue weighted by Crippen LogP contribution is 2.24. The highest BCUT2D eigenvalue weighted by atomic mass is 16.1. The molecule has 0 fully saturated rings. The molecule has 4 nitrogen and oxygen atoms in total. The van der Waals surface area contributed by atoms with Gasteiger partial charge in [0.25, 0.3) is 5.91 Å². The number of nitrogens with one attached hydrogen (secondary N) is 1. The number of aromatic nitrogens is 2. The van der Waals surface area contributed by atoms with Gasteiger partial charge in [-0.05, 0) is 25.2 Å². The van der Waals surface area contributed by atoms with Crippen LogP contribution in [0.4, 0.5) is 0 Å². The summed E-state index contributed by atoms with van der Waals surface area (Å²) in [5.74, 6) is 0.452. The first-order valence-electron chi connectivity index (χ1n) is 5.92. The Morgan fingerprint density at radius 2 is 2.25 bits per heavy atom. The molecule has 1 aromatic rings. The van der Waals surface area contributed by atoms with Crippen LogP contribution in [0.1, 0.15) is 42.0 Å². The smallest absolute Gasteiger partial charge is 0.272 e. The predicted octanol–water partition coefficient (Wildman–Crippen LogP) is 1.29. The van der Waals surface area contributed by atoms with Crippen LogP contribution in [0.15, 0.2) is 0 Å². The van der Waals surface area contributed by atoms with Gasteiger partial charge in [-0.15, -0.1) is 0 Å². The van der Waals surface area contributed by atoms with Crippen molar-refractivity contribution in [1.82, 2.24) is 15.1 Å². The van der Waals surface area contributed by atoms with E-state index in [1.54, 1.807) is 0 Å². The summed E-state index contributed by atoms with van der Waals surface area (Å²) >= 11 is 0. The summed E-state index contributed by atoms with van der Waals surface area (Å²) in [6.45, 7) is 4.89. The summed E-state index contributed by atoms with van der Waals surface area (Å²) < 4.78 is 1.85. The van der Waals surface area contributed by atoms with Crippen LogP contribution < -0.4 is 5.32 Å². The molecule has 16 heavy (non-hydrogen) atoms. The zero-order valence-corrected chi connectivity index (χ0v) is 10.2. The zero-order valence-electron chi connectivity index (χ0n) is 10.2. The Balaban J connectivity index is 2.15. The van der Waals surface area contributed by atoms with Gasteiger partial charge in [0, 0.05) is 24.8 Å². The standard InChI is InChI=1S/C12H19N3O/c1-8(2)7-13-12(16)11-9-5-4-6-10(9)15(3)14-11/h8H,4-7H2,1-3H3,(H,13,16). The Bertz CT molecular complexity index is 407. The van der Waals surface area contributed by atoms with E-state index in [4.69, 9.17) is 0 Å². The van der Waals surface area contributed by atoms with E-state index < -0.39 is 0 Å². The maximum absolute atomic E-state index is 11.9. The van der Waals surface area contributed by atoms with Gasteiger partial charge in [0.05, 0.1) is 0 Å². The normalized spacial score (nSPS) is 14.2. The maximum Gasteiger partial charge on any atom is 0.272 e. The Morgan fingerprint density at radius 1 is 1.50 bits per heavy atom. The Morgan fingerprint density at radius 3 is 2.94 bits per heavy atom. The molecule has 0 unspecified atom stereocenters. The summed E-state index contributed by atoms with van der Waals surface area (Å²) in [5, 5.41) is 7.24. The van der Waals surface area contributed by atoms with Gasteiger partial charge in [0.2, 0.25) is 0 Å². The fourth-order valence-electron chi connectivity index (χ4n) is 2.17. The van der Waals surface area contributed by atoms with Crippen molar-refractivity contribution in [3.63, 3.8) is 0 Å². The number of aryl methyl sites for hydroxylation is 1. The number of hydrogen-bond acceptors (Lipinski definition) is 2. The fraction of sp³-hybridized carbons (Fsp3) is 0.667. The molecule has 0 aromatic carbocycles. The third kappa shape index (κ3) is 1.96. The largest absolute Gasteiger partial charge is 0.350 e. The fourth-order valence-corrected chi connectivity index (χ4v) is 2.17. The van der Waals surface area contributed by atoms with Gasteiger partial charge in [-0.3, -0.25) is 9.48 Å². The third-order valence-corrected chi connectivity index (χ3v) is 3.00. The monoisotopic (exact) mass is 221 g/mol. The molecule has 0 spiro atoms. The number of rotatable bonds is 3. The molecule has 1 aliphatic rings. The molecule has 0 bridgehead atoms. The zero-order chi connectivity index (χ0) is 11.7. The van der Waals surface area contributed by atoms with Crippen molar-refractivity contribution < 1.29 is 4.79 Å². The predicted molar refractivity (Wildman–Crippen MR) is 62.4 cm³/mol. The topological polar surface area (TPSA) is 46.9 Å². The molecule has 0 aliphatic heterocycles. The molecule has 1 N–H and O–H groups in total. The number of carbonyl (C=O) groups excluding carboxylic acids is 1. The lowest BCUT2D eigenvalue weighted by Crippen LogP contribution is -2.28. The lowest BCUT2D eigenvalue weighted by molar-refractivity contribution is 0.0942. The molecule has 4 heteroatoms. The highest BCUT2D eigenvalue weighted by Gasteiger charge is 2.24. The molecule has 0 saturated carbocycles. The summed E-state index contributed by atoms with van der Waals surface area (Å²) in [4.78, 5) is 11.9. The van der Waals surface area contributed by atoms with Crippen LogP contribution in [0.2, 0.25) is 0 Å². The first-order valence-corrected chi connectivity index (χ1v) is 5.92. The van der Waals surface area contributed by atoms with E-state index in [1.165, 1.54) is 5.69 Å².